The van der Waals surface area contributed by atoms with Crippen molar-refractivity contribution in [3.63, 3.8) is 0 Å². The average Bonchev–Trinajstić information content (AvgIpc) is 3.41. The van der Waals surface area contributed by atoms with Crippen molar-refractivity contribution < 1.29 is 9.59 Å². The molecule has 5 nitrogen and oxygen atoms in total. The average molecular weight is 466 g/mol. The van der Waals surface area contributed by atoms with Gasteiger partial charge >= 0.3 is 0 Å². The first-order valence-corrected chi connectivity index (χ1v) is 13.2. The summed E-state index contributed by atoms with van der Waals surface area (Å²) in [4.78, 5) is 31.0. The largest absolute Gasteiger partial charge is 0.371 e. The molecule has 1 heterocycles. The maximum Gasteiger partial charge on any atom is 0.252 e. The number of carbonyl (C=O) groups excluding carboxylic acids is 2. The Morgan fingerprint density at radius 1 is 0.970 bits per heavy atom. The van der Waals surface area contributed by atoms with Crippen LogP contribution in [0.1, 0.15) is 60.9 Å². The molecule has 0 radical (unpaired) electrons. The number of benzene rings is 2. The van der Waals surface area contributed by atoms with Gasteiger partial charge in [0.25, 0.3) is 5.91 Å². The summed E-state index contributed by atoms with van der Waals surface area (Å²) in [6, 6.07) is 16.3. The lowest BCUT2D eigenvalue weighted by molar-refractivity contribution is -0.129. The molecule has 2 aliphatic rings. The Balaban J connectivity index is 1.36. The summed E-state index contributed by atoms with van der Waals surface area (Å²) in [7, 11) is 1.93. The molecule has 0 unspecified atom stereocenters. The molecule has 0 bridgehead atoms. The third-order valence-corrected chi connectivity index (χ3v) is 7.93. The van der Waals surface area contributed by atoms with Gasteiger partial charge in [-0.15, -0.1) is 11.8 Å². The van der Waals surface area contributed by atoms with Gasteiger partial charge in [-0.25, -0.2) is 0 Å². The lowest BCUT2D eigenvalue weighted by atomic mass is 9.94. The molecule has 1 saturated heterocycles. The fourth-order valence-corrected chi connectivity index (χ4v) is 5.86. The molecule has 6 heteroatoms. The first kappa shape index (κ1) is 23.7. The van der Waals surface area contributed by atoms with E-state index in [-0.39, 0.29) is 11.8 Å². The van der Waals surface area contributed by atoms with E-state index in [1.54, 1.807) is 0 Å². The van der Waals surface area contributed by atoms with Crippen molar-refractivity contribution in [2.45, 2.75) is 62.4 Å². The molecule has 0 spiro atoms. The van der Waals surface area contributed by atoms with Crippen LogP contribution in [0.5, 0.6) is 0 Å². The first-order chi connectivity index (χ1) is 16.1. The summed E-state index contributed by atoms with van der Waals surface area (Å²) in [6.45, 7) is 2.65. The zero-order valence-corrected chi connectivity index (χ0v) is 20.4. The summed E-state index contributed by atoms with van der Waals surface area (Å²) < 4.78 is 0. The van der Waals surface area contributed by atoms with Crippen LogP contribution in [0.25, 0.3) is 0 Å². The Hall–Kier alpha value is -2.47. The lowest BCUT2D eigenvalue weighted by Crippen LogP contribution is -2.39. The van der Waals surface area contributed by atoms with Crippen LogP contribution in [0.2, 0.25) is 0 Å². The normalized spacial score (nSPS) is 16.6. The van der Waals surface area contributed by atoms with Crippen molar-refractivity contribution in [2.24, 2.45) is 0 Å². The second-order valence-electron chi connectivity index (χ2n) is 9.09. The summed E-state index contributed by atoms with van der Waals surface area (Å²) in [6.07, 6.45) is 8.34. The van der Waals surface area contributed by atoms with E-state index in [0.29, 0.717) is 23.9 Å². The molecule has 1 aliphatic carbocycles. The summed E-state index contributed by atoms with van der Waals surface area (Å²) in [5.41, 5.74) is 2.99. The highest BCUT2D eigenvalue weighted by Gasteiger charge is 2.23. The van der Waals surface area contributed by atoms with Gasteiger partial charge in [0.1, 0.15) is 0 Å². The van der Waals surface area contributed by atoms with Crippen LogP contribution in [0.15, 0.2) is 53.4 Å². The van der Waals surface area contributed by atoms with Gasteiger partial charge in [-0.1, -0.05) is 49.6 Å². The van der Waals surface area contributed by atoms with Crippen LogP contribution in [0.3, 0.4) is 0 Å². The molecule has 2 aromatic carbocycles. The summed E-state index contributed by atoms with van der Waals surface area (Å²) in [5.74, 6) is 0.402. The molecule has 1 aliphatic heterocycles. The monoisotopic (exact) mass is 465 g/mol. The minimum atomic E-state index is -0.0950. The number of hydrogen-bond acceptors (Lipinski definition) is 4. The zero-order valence-electron chi connectivity index (χ0n) is 19.6. The Labute approximate surface area is 201 Å². The fraction of sp³-hybridized carbons (Fsp3) is 0.481. The van der Waals surface area contributed by atoms with E-state index in [4.69, 9.17) is 0 Å². The van der Waals surface area contributed by atoms with Crippen LogP contribution in [-0.4, -0.2) is 48.6 Å². The van der Waals surface area contributed by atoms with E-state index in [1.807, 2.05) is 42.3 Å². The summed E-state index contributed by atoms with van der Waals surface area (Å²) >= 11 is 1.46. The topological polar surface area (TPSA) is 52.7 Å². The first-order valence-electron chi connectivity index (χ1n) is 12.2. The number of thioether (sulfide) groups is 1. The maximum absolute atomic E-state index is 13.1. The van der Waals surface area contributed by atoms with Gasteiger partial charge in [-0.3, -0.25) is 9.59 Å². The van der Waals surface area contributed by atoms with Crippen LogP contribution in [0, 0.1) is 0 Å². The molecule has 1 N–H and O–H groups in total. The van der Waals surface area contributed by atoms with E-state index in [1.165, 1.54) is 49.6 Å². The maximum atomic E-state index is 13.1. The number of nitrogens with one attached hydrogen (secondary N) is 1. The number of rotatable bonds is 8. The van der Waals surface area contributed by atoms with Crippen molar-refractivity contribution in [1.29, 1.82) is 0 Å². The third-order valence-electron chi connectivity index (χ3n) is 6.88. The molecule has 1 saturated carbocycles. The van der Waals surface area contributed by atoms with Crippen molar-refractivity contribution in [3.8, 4) is 0 Å². The predicted octanol–water partition coefficient (Wildman–Crippen LogP) is 5.10. The number of carbonyl (C=O) groups is 2. The van der Waals surface area contributed by atoms with E-state index < -0.39 is 0 Å². The standard InChI is InChI=1S/C27H35N3O2S/c1-29(22-12-3-2-4-13-22)26(31)20-33-25-16-8-6-14-23(25)27(32)28-19-21-11-5-7-15-24(21)30-17-9-10-18-30/h5-8,11,14-16,22H,2-4,9-10,12-13,17-20H2,1H3,(H,28,32). The number of amides is 2. The van der Waals surface area contributed by atoms with Crippen LogP contribution >= 0.6 is 11.8 Å². The molecule has 2 aromatic rings. The SMILES string of the molecule is CN(C(=O)CSc1ccccc1C(=O)NCc1ccccc1N1CCCC1)C1CCCCC1. The molecule has 4 rings (SSSR count). The fourth-order valence-electron chi connectivity index (χ4n) is 4.89. The number of hydrogen-bond donors (Lipinski definition) is 1. The zero-order chi connectivity index (χ0) is 23.0. The number of para-hydroxylation sites is 1. The van der Waals surface area contributed by atoms with Crippen LogP contribution in [0.4, 0.5) is 5.69 Å². The van der Waals surface area contributed by atoms with Gasteiger partial charge in [0.2, 0.25) is 5.91 Å². The predicted molar refractivity (Wildman–Crippen MR) is 136 cm³/mol. The third kappa shape index (κ3) is 6.11. The van der Waals surface area contributed by atoms with E-state index in [2.05, 4.69) is 28.4 Å². The summed E-state index contributed by atoms with van der Waals surface area (Å²) in [5, 5.41) is 3.11. The van der Waals surface area contributed by atoms with Crippen LogP contribution < -0.4 is 10.2 Å². The molecule has 176 valence electrons. The molecule has 0 atom stereocenters. The Bertz CT molecular complexity index is 952. The molecule has 0 aromatic heterocycles. The van der Waals surface area contributed by atoms with Crippen molar-refractivity contribution >= 4 is 29.3 Å². The van der Waals surface area contributed by atoms with E-state index in [0.717, 1.165) is 36.4 Å². The van der Waals surface area contributed by atoms with Crippen molar-refractivity contribution in [2.75, 3.05) is 30.8 Å². The van der Waals surface area contributed by atoms with E-state index >= 15 is 0 Å². The Morgan fingerprint density at radius 3 is 2.45 bits per heavy atom. The lowest BCUT2D eigenvalue weighted by Gasteiger charge is -2.31. The van der Waals surface area contributed by atoms with Gasteiger partial charge in [0.05, 0.1) is 11.3 Å². The van der Waals surface area contributed by atoms with Crippen molar-refractivity contribution in [3.05, 3.63) is 59.7 Å². The van der Waals surface area contributed by atoms with Crippen molar-refractivity contribution in [1.82, 2.24) is 10.2 Å². The highest BCUT2D eigenvalue weighted by atomic mass is 32.2. The van der Waals surface area contributed by atoms with Gasteiger partial charge in [0, 0.05) is 43.3 Å². The second kappa shape index (κ2) is 11.6. The minimum absolute atomic E-state index is 0.0950. The van der Waals surface area contributed by atoms with Gasteiger partial charge < -0.3 is 15.1 Å². The van der Waals surface area contributed by atoms with Gasteiger partial charge in [-0.2, -0.15) is 0 Å². The number of nitrogens with zero attached hydrogens (tertiary/aromatic N) is 2. The number of anilines is 1. The molecule has 2 fully saturated rings. The highest BCUT2D eigenvalue weighted by Crippen LogP contribution is 2.27. The van der Waals surface area contributed by atoms with E-state index in [9.17, 15) is 9.59 Å². The highest BCUT2D eigenvalue weighted by molar-refractivity contribution is 8.00. The van der Waals surface area contributed by atoms with Gasteiger partial charge in [-0.05, 0) is 49.4 Å². The van der Waals surface area contributed by atoms with Crippen LogP contribution in [-0.2, 0) is 11.3 Å². The molecule has 33 heavy (non-hydrogen) atoms. The smallest absolute Gasteiger partial charge is 0.252 e. The molecule has 2 amide bonds. The Kier molecular flexibility index (Phi) is 8.32. The molecular weight excluding hydrogens is 430 g/mol. The second-order valence-corrected chi connectivity index (χ2v) is 10.1. The van der Waals surface area contributed by atoms with Gasteiger partial charge in [0.15, 0.2) is 0 Å². The Morgan fingerprint density at radius 2 is 1.67 bits per heavy atom. The molecular formula is C27H35N3O2S. The quantitative estimate of drug-likeness (QED) is 0.551. The minimum Gasteiger partial charge on any atom is -0.371 e.